The number of amides is 2. The highest BCUT2D eigenvalue weighted by Crippen LogP contribution is 2.24. The van der Waals surface area contributed by atoms with E-state index in [2.05, 4.69) is 9.97 Å². The van der Waals surface area contributed by atoms with E-state index in [1.54, 1.807) is 4.90 Å². The Balaban J connectivity index is 1.63. The van der Waals surface area contributed by atoms with Gasteiger partial charge in [0.05, 0.1) is 11.2 Å². The maximum Gasteiger partial charge on any atom is 0.274 e. The van der Waals surface area contributed by atoms with Crippen molar-refractivity contribution in [2.24, 2.45) is 5.92 Å². The van der Waals surface area contributed by atoms with Gasteiger partial charge in [-0.05, 0) is 25.7 Å². The van der Waals surface area contributed by atoms with Crippen LogP contribution in [-0.4, -0.2) is 57.8 Å². The number of hydrogen-bond donors (Lipinski definition) is 0. The van der Waals surface area contributed by atoms with Crippen LogP contribution in [-0.2, 0) is 4.79 Å². The van der Waals surface area contributed by atoms with Crippen molar-refractivity contribution in [1.82, 2.24) is 19.8 Å². The number of nitrogens with zero attached hydrogens (tertiary/aromatic N) is 4. The molecule has 25 heavy (non-hydrogen) atoms. The largest absolute Gasteiger partial charge is 0.342 e. The maximum atomic E-state index is 12.8. The standard InChI is InChI=1S/C18H25ClN4O2/c1-12(2)16-20-11-14(19)15(21-16)18(25)23-9-5-13(6-10-23)17(24)22-7-3-4-8-22/h11-13H,3-10H2,1-2H3. The third-order valence-corrected chi connectivity index (χ3v) is 5.31. The van der Waals surface area contributed by atoms with Gasteiger partial charge in [-0.2, -0.15) is 0 Å². The van der Waals surface area contributed by atoms with Crippen molar-refractivity contribution in [3.63, 3.8) is 0 Å². The molecule has 3 heterocycles. The van der Waals surface area contributed by atoms with Gasteiger partial charge in [-0.1, -0.05) is 25.4 Å². The van der Waals surface area contributed by atoms with Gasteiger partial charge in [-0.15, -0.1) is 0 Å². The van der Waals surface area contributed by atoms with Crippen LogP contribution in [0.25, 0.3) is 0 Å². The van der Waals surface area contributed by atoms with Crippen LogP contribution in [0.2, 0.25) is 5.02 Å². The number of carbonyl (C=O) groups is 2. The molecule has 0 unspecified atom stereocenters. The number of carbonyl (C=O) groups excluding carboxylic acids is 2. The molecule has 0 N–H and O–H groups in total. The first-order valence-electron chi connectivity index (χ1n) is 9.08. The third-order valence-electron chi connectivity index (χ3n) is 5.03. The molecular formula is C18H25ClN4O2. The smallest absolute Gasteiger partial charge is 0.274 e. The van der Waals surface area contributed by atoms with Crippen LogP contribution in [0.1, 0.15) is 61.8 Å². The fourth-order valence-electron chi connectivity index (χ4n) is 3.48. The molecule has 1 aromatic heterocycles. The van der Waals surface area contributed by atoms with Gasteiger partial charge in [-0.25, -0.2) is 9.97 Å². The van der Waals surface area contributed by atoms with Crippen molar-refractivity contribution in [2.45, 2.75) is 45.4 Å². The highest BCUT2D eigenvalue weighted by molar-refractivity contribution is 6.33. The molecule has 2 amide bonds. The molecule has 2 saturated heterocycles. The van der Waals surface area contributed by atoms with Crippen molar-refractivity contribution in [3.05, 3.63) is 22.7 Å². The highest BCUT2D eigenvalue weighted by Gasteiger charge is 2.32. The van der Waals surface area contributed by atoms with Crippen molar-refractivity contribution in [3.8, 4) is 0 Å². The Kier molecular flexibility index (Phi) is 5.57. The fourth-order valence-corrected chi connectivity index (χ4v) is 3.66. The number of likely N-dealkylation sites (tertiary alicyclic amines) is 2. The first-order chi connectivity index (χ1) is 12.0. The van der Waals surface area contributed by atoms with Gasteiger partial charge in [0.15, 0.2) is 5.69 Å². The Labute approximate surface area is 153 Å². The average molecular weight is 365 g/mol. The second kappa shape index (κ2) is 7.68. The molecule has 2 fully saturated rings. The Hall–Kier alpha value is -1.69. The number of piperidine rings is 1. The number of halogens is 1. The van der Waals surface area contributed by atoms with Crippen molar-refractivity contribution < 1.29 is 9.59 Å². The van der Waals surface area contributed by atoms with Gasteiger partial charge >= 0.3 is 0 Å². The fraction of sp³-hybridized carbons (Fsp3) is 0.667. The minimum Gasteiger partial charge on any atom is -0.342 e. The Morgan fingerprint density at radius 3 is 2.36 bits per heavy atom. The molecule has 0 atom stereocenters. The maximum absolute atomic E-state index is 12.8. The quantitative estimate of drug-likeness (QED) is 0.827. The minimum atomic E-state index is -0.165. The Morgan fingerprint density at radius 1 is 1.12 bits per heavy atom. The third kappa shape index (κ3) is 3.94. The monoisotopic (exact) mass is 364 g/mol. The van der Waals surface area contributed by atoms with E-state index in [0.29, 0.717) is 31.8 Å². The Morgan fingerprint density at radius 2 is 1.76 bits per heavy atom. The second-order valence-corrected chi connectivity index (χ2v) is 7.59. The van der Waals surface area contributed by atoms with E-state index in [4.69, 9.17) is 11.6 Å². The zero-order valence-electron chi connectivity index (χ0n) is 14.9. The molecule has 0 radical (unpaired) electrons. The Bertz CT molecular complexity index is 650. The molecule has 0 bridgehead atoms. The van der Waals surface area contributed by atoms with E-state index in [-0.39, 0.29) is 34.4 Å². The summed E-state index contributed by atoms with van der Waals surface area (Å²) in [6.07, 6.45) is 5.13. The first kappa shape index (κ1) is 18.1. The first-order valence-corrected chi connectivity index (χ1v) is 9.45. The molecule has 0 aliphatic carbocycles. The summed E-state index contributed by atoms with van der Waals surface area (Å²) in [5, 5.41) is 0.282. The number of aromatic nitrogens is 2. The summed E-state index contributed by atoms with van der Waals surface area (Å²) >= 11 is 6.15. The van der Waals surface area contributed by atoms with Gasteiger partial charge in [0.25, 0.3) is 5.91 Å². The normalized spacial score (nSPS) is 18.9. The molecule has 6 nitrogen and oxygen atoms in total. The number of rotatable bonds is 3. The molecule has 0 saturated carbocycles. The molecule has 1 aromatic rings. The summed E-state index contributed by atoms with van der Waals surface area (Å²) in [5.74, 6) is 0.877. The predicted molar refractivity (Wildman–Crippen MR) is 95.6 cm³/mol. The summed E-state index contributed by atoms with van der Waals surface area (Å²) < 4.78 is 0. The lowest BCUT2D eigenvalue weighted by Gasteiger charge is -2.33. The molecule has 2 aliphatic rings. The lowest BCUT2D eigenvalue weighted by Crippen LogP contribution is -2.44. The van der Waals surface area contributed by atoms with Gasteiger partial charge in [0.1, 0.15) is 5.82 Å². The highest BCUT2D eigenvalue weighted by atomic mass is 35.5. The summed E-state index contributed by atoms with van der Waals surface area (Å²) in [4.78, 5) is 37.5. The lowest BCUT2D eigenvalue weighted by molar-refractivity contribution is -0.135. The van der Waals surface area contributed by atoms with E-state index in [9.17, 15) is 9.59 Å². The van der Waals surface area contributed by atoms with Crippen molar-refractivity contribution in [2.75, 3.05) is 26.2 Å². The van der Waals surface area contributed by atoms with E-state index in [1.807, 2.05) is 18.7 Å². The lowest BCUT2D eigenvalue weighted by atomic mass is 9.95. The molecule has 7 heteroatoms. The van der Waals surface area contributed by atoms with Crippen molar-refractivity contribution >= 4 is 23.4 Å². The van der Waals surface area contributed by atoms with Gasteiger partial charge < -0.3 is 9.80 Å². The molecule has 3 rings (SSSR count). The zero-order valence-corrected chi connectivity index (χ0v) is 15.6. The predicted octanol–water partition coefficient (Wildman–Crippen LogP) is 2.73. The van der Waals surface area contributed by atoms with Gasteiger partial charge in [0, 0.05) is 38.0 Å². The van der Waals surface area contributed by atoms with E-state index >= 15 is 0 Å². The van der Waals surface area contributed by atoms with Crippen LogP contribution in [0.15, 0.2) is 6.20 Å². The molecule has 0 aromatic carbocycles. The summed E-state index contributed by atoms with van der Waals surface area (Å²) in [7, 11) is 0. The van der Waals surface area contributed by atoms with Gasteiger partial charge in [-0.3, -0.25) is 9.59 Å². The topological polar surface area (TPSA) is 66.4 Å². The van der Waals surface area contributed by atoms with Crippen LogP contribution < -0.4 is 0 Å². The summed E-state index contributed by atoms with van der Waals surface area (Å²) in [5.41, 5.74) is 0.268. The van der Waals surface area contributed by atoms with Crippen molar-refractivity contribution in [1.29, 1.82) is 0 Å². The zero-order chi connectivity index (χ0) is 18.0. The summed E-state index contributed by atoms with van der Waals surface area (Å²) in [6, 6.07) is 0. The SMILES string of the molecule is CC(C)c1ncc(Cl)c(C(=O)N2CCC(C(=O)N3CCCC3)CC2)n1. The van der Waals surface area contributed by atoms with Crippen LogP contribution in [0, 0.1) is 5.92 Å². The average Bonchev–Trinajstić information content (AvgIpc) is 3.15. The molecule has 136 valence electrons. The minimum absolute atomic E-state index is 0.0363. The summed E-state index contributed by atoms with van der Waals surface area (Å²) in [6.45, 7) is 6.86. The van der Waals surface area contributed by atoms with E-state index < -0.39 is 0 Å². The number of hydrogen-bond acceptors (Lipinski definition) is 4. The molecule has 2 aliphatic heterocycles. The van der Waals surface area contributed by atoms with Crippen LogP contribution in [0.3, 0.4) is 0 Å². The van der Waals surface area contributed by atoms with E-state index in [0.717, 1.165) is 25.9 Å². The van der Waals surface area contributed by atoms with Crippen LogP contribution in [0.4, 0.5) is 0 Å². The molecular weight excluding hydrogens is 340 g/mol. The second-order valence-electron chi connectivity index (χ2n) is 7.18. The van der Waals surface area contributed by atoms with Crippen LogP contribution >= 0.6 is 11.6 Å². The van der Waals surface area contributed by atoms with E-state index in [1.165, 1.54) is 6.20 Å². The molecule has 0 spiro atoms. The van der Waals surface area contributed by atoms with Gasteiger partial charge in [0.2, 0.25) is 5.91 Å². The van der Waals surface area contributed by atoms with Crippen LogP contribution in [0.5, 0.6) is 0 Å².